The van der Waals surface area contributed by atoms with Gasteiger partial charge in [0, 0.05) is 10.0 Å². The van der Waals surface area contributed by atoms with Crippen LogP contribution in [-0.2, 0) is 0 Å². The maximum atomic E-state index is 14.0. The van der Waals surface area contributed by atoms with Gasteiger partial charge in [0.25, 0.3) is 11.8 Å². The van der Waals surface area contributed by atoms with Gasteiger partial charge in [0.05, 0.1) is 22.9 Å². The number of hydrogen-bond donors (Lipinski definition) is 2. The molecule has 8 heteroatoms. The normalized spacial score (nSPS) is 10.5. The molecule has 6 nitrogen and oxygen atoms in total. The molecule has 0 aliphatic rings. The first kappa shape index (κ1) is 20.5. The van der Waals surface area contributed by atoms with Gasteiger partial charge in [-0.05, 0) is 52.3 Å². The van der Waals surface area contributed by atoms with Gasteiger partial charge in [-0.15, -0.1) is 0 Å². The molecular formula is C23H15BrFN3O3. The van der Waals surface area contributed by atoms with Gasteiger partial charge in [0.15, 0.2) is 5.76 Å². The Labute approximate surface area is 185 Å². The average Bonchev–Trinajstić information content (AvgIpc) is 3.28. The van der Waals surface area contributed by atoms with Gasteiger partial charge in [0.1, 0.15) is 5.82 Å². The minimum Gasteiger partial charge on any atom is -0.436 e. The van der Waals surface area contributed by atoms with E-state index >= 15 is 0 Å². The Morgan fingerprint density at radius 3 is 2.10 bits per heavy atom. The fourth-order valence-electron chi connectivity index (χ4n) is 2.95. The Kier molecular flexibility index (Phi) is 5.90. The van der Waals surface area contributed by atoms with Crippen LogP contribution in [0.15, 0.2) is 87.9 Å². The number of hydrogen-bond acceptors (Lipinski definition) is 4. The van der Waals surface area contributed by atoms with E-state index in [1.54, 1.807) is 66.7 Å². The molecule has 4 rings (SSSR count). The number of nitrogens with one attached hydrogen (secondary N) is 2. The SMILES string of the molecule is O=C(NNC(=O)c1ccccc1-c1ncc(-c2ccccc2F)o1)c1ccccc1Br. The zero-order valence-electron chi connectivity index (χ0n) is 15.9. The molecule has 154 valence electrons. The molecule has 1 aromatic heterocycles. The number of hydrazine groups is 1. The number of aromatic nitrogens is 1. The summed E-state index contributed by atoms with van der Waals surface area (Å²) in [7, 11) is 0. The van der Waals surface area contributed by atoms with Crippen LogP contribution in [0, 0.1) is 5.82 Å². The molecule has 0 aliphatic heterocycles. The molecular weight excluding hydrogens is 465 g/mol. The molecule has 0 saturated carbocycles. The van der Waals surface area contributed by atoms with Gasteiger partial charge in [-0.25, -0.2) is 9.37 Å². The van der Waals surface area contributed by atoms with Crippen molar-refractivity contribution >= 4 is 27.7 Å². The summed E-state index contributed by atoms with van der Waals surface area (Å²) in [6.07, 6.45) is 1.40. The Hall–Kier alpha value is -3.78. The number of carbonyl (C=O) groups is 2. The van der Waals surface area contributed by atoms with Crippen molar-refractivity contribution in [3.8, 4) is 22.8 Å². The van der Waals surface area contributed by atoms with Crippen LogP contribution in [-0.4, -0.2) is 16.8 Å². The molecule has 0 atom stereocenters. The van der Waals surface area contributed by atoms with E-state index in [4.69, 9.17) is 4.42 Å². The minimum atomic E-state index is -0.554. The first-order valence-electron chi connectivity index (χ1n) is 9.20. The van der Waals surface area contributed by atoms with Crippen LogP contribution in [0.5, 0.6) is 0 Å². The first-order valence-corrected chi connectivity index (χ1v) is 9.99. The van der Waals surface area contributed by atoms with E-state index in [0.29, 0.717) is 15.6 Å². The average molecular weight is 480 g/mol. The molecule has 0 aliphatic carbocycles. The van der Waals surface area contributed by atoms with E-state index in [1.165, 1.54) is 12.3 Å². The van der Waals surface area contributed by atoms with Crippen LogP contribution in [0.4, 0.5) is 4.39 Å². The smallest absolute Gasteiger partial charge is 0.270 e. The van der Waals surface area contributed by atoms with Crippen LogP contribution >= 0.6 is 15.9 Å². The predicted octanol–water partition coefficient (Wildman–Crippen LogP) is 4.99. The molecule has 0 radical (unpaired) electrons. The van der Waals surface area contributed by atoms with Gasteiger partial charge in [-0.2, -0.15) is 0 Å². The van der Waals surface area contributed by atoms with Crippen LogP contribution < -0.4 is 10.9 Å². The van der Waals surface area contributed by atoms with Gasteiger partial charge >= 0.3 is 0 Å². The van der Waals surface area contributed by atoms with Crippen LogP contribution in [0.1, 0.15) is 20.7 Å². The molecule has 3 aromatic carbocycles. The van der Waals surface area contributed by atoms with Crippen molar-refractivity contribution < 1.29 is 18.4 Å². The van der Waals surface area contributed by atoms with Gasteiger partial charge in [-0.1, -0.05) is 36.4 Å². The lowest BCUT2D eigenvalue weighted by molar-refractivity contribution is 0.0846. The quantitative estimate of drug-likeness (QED) is 0.404. The van der Waals surface area contributed by atoms with Crippen LogP contribution in [0.2, 0.25) is 0 Å². The summed E-state index contributed by atoms with van der Waals surface area (Å²) in [6.45, 7) is 0. The van der Waals surface area contributed by atoms with E-state index in [2.05, 4.69) is 31.8 Å². The third-order valence-corrected chi connectivity index (χ3v) is 5.15. The van der Waals surface area contributed by atoms with E-state index in [1.807, 2.05) is 0 Å². The lowest BCUT2D eigenvalue weighted by Crippen LogP contribution is -2.41. The second kappa shape index (κ2) is 8.93. The number of benzene rings is 3. The Balaban J connectivity index is 1.55. The molecule has 0 fully saturated rings. The van der Waals surface area contributed by atoms with Gasteiger partial charge < -0.3 is 4.42 Å². The van der Waals surface area contributed by atoms with Crippen LogP contribution in [0.3, 0.4) is 0 Å². The van der Waals surface area contributed by atoms with Crippen LogP contribution in [0.25, 0.3) is 22.8 Å². The second-order valence-electron chi connectivity index (χ2n) is 6.44. The second-order valence-corrected chi connectivity index (χ2v) is 7.30. The van der Waals surface area contributed by atoms with E-state index < -0.39 is 17.6 Å². The fourth-order valence-corrected chi connectivity index (χ4v) is 3.41. The number of amides is 2. The van der Waals surface area contributed by atoms with Crippen molar-refractivity contribution in [2.75, 3.05) is 0 Å². The van der Waals surface area contributed by atoms with Crippen molar-refractivity contribution in [1.82, 2.24) is 15.8 Å². The van der Waals surface area contributed by atoms with Gasteiger partial charge in [0.2, 0.25) is 5.89 Å². The van der Waals surface area contributed by atoms with Crippen molar-refractivity contribution in [1.29, 1.82) is 0 Å². The van der Waals surface area contributed by atoms with Crippen molar-refractivity contribution in [2.45, 2.75) is 0 Å². The standard InChI is InChI=1S/C23H15BrFN3O3/c24-18-11-5-3-9-16(18)22(30)28-27-21(29)14-7-1-2-8-15(14)23-26-13-20(31-23)17-10-4-6-12-19(17)25/h1-13H,(H,27,29)(H,28,30). The van der Waals surface area contributed by atoms with Crippen molar-refractivity contribution in [3.05, 3.63) is 100 Å². The third kappa shape index (κ3) is 4.39. The van der Waals surface area contributed by atoms with Gasteiger partial charge in [-0.3, -0.25) is 20.4 Å². The molecule has 2 amide bonds. The number of rotatable bonds is 4. The Morgan fingerprint density at radius 2 is 1.39 bits per heavy atom. The fraction of sp³-hybridized carbons (Fsp3) is 0. The highest BCUT2D eigenvalue weighted by molar-refractivity contribution is 9.10. The largest absolute Gasteiger partial charge is 0.436 e. The minimum absolute atomic E-state index is 0.154. The summed E-state index contributed by atoms with van der Waals surface area (Å²) >= 11 is 3.30. The number of halogens is 2. The predicted molar refractivity (Wildman–Crippen MR) is 116 cm³/mol. The number of nitrogens with zero attached hydrogens (tertiary/aromatic N) is 1. The summed E-state index contributed by atoms with van der Waals surface area (Å²) in [5, 5.41) is 0. The summed E-state index contributed by atoms with van der Waals surface area (Å²) < 4.78 is 20.4. The number of oxazole rings is 1. The first-order chi connectivity index (χ1) is 15.0. The van der Waals surface area contributed by atoms with E-state index in [0.717, 1.165) is 0 Å². The van der Waals surface area contributed by atoms with Crippen molar-refractivity contribution in [2.24, 2.45) is 0 Å². The summed E-state index contributed by atoms with van der Waals surface area (Å²) in [4.78, 5) is 29.2. The Morgan fingerprint density at radius 1 is 0.806 bits per heavy atom. The molecule has 4 aromatic rings. The molecule has 0 spiro atoms. The molecule has 2 N–H and O–H groups in total. The highest BCUT2D eigenvalue weighted by Gasteiger charge is 2.19. The maximum Gasteiger partial charge on any atom is 0.270 e. The van der Waals surface area contributed by atoms with E-state index in [9.17, 15) is 14.0 Å². The third-order valence-electron chi connectivity index (χ3n) is 4.46. The zero-order valence-corrected chi connectivity index (χ0v) is 17.5. The van der Waals surface area contributed by atoms with E-state index in [-0.39, 0.29) is 22.8 Å². The molecule has 0 unspecified atom stereocenters. The summed E-state index contributed by atoms with van der Waals surface area (Å²) in [5.74, 6) is -1.07. The molecule has 0 saturated heterocycles. The highest BCUT2D eigenvalue weighted by Crippen LogP contribution is 2.29. The maximum absolute atomic E-state index is 14.0. The molecule has 1 heterocycles. The monoisotopic (exact) mass is 479 g/mol. The van der Waals surface area contributed by atoms with Crippen molar-refractivity contribution in [3.63, 3.8) is 0 Å². The summed E-state index contributed by atoms with van der Waals surface area (Å²) in [6, 6.07) is 19.6. The topological polar surface area (TPSA) is 84.2 Å². The number of carbonyl (C=O) groups excluding carboxylic acids is 2. The Bertz CT molecular complexity index is 1270. The lowest BCUT2D eigenvalue weighted by Gasteiger charge is -2.10. The molecule has 31 heavy (non-hydrogen) atoms. The zero-order chi connectivity index (χ0) is 21.8. The summed E-state index contributed by atoms with van der Waals surface area (Å²) in [5.41, 5.74) is 6.05. The molecule has 0 bridgehead atoms. The highest BCUT2D eigenvalue weighted by atomic mass is 79.9. The lowest BCUT2D eigenvalue weighted by atomic mass is 10.1.